The van der Waals surface area contributed by atoms with Gasteiger partial charge in [-0.15, -0.1) is 0 Å². The quantitative estimate of drug-likeness (QED) is 0.673. The van der Waals surface area contributed by atoms with E-state index in [1.165, 1.54) is 12.8 Å². The molecule has 1 rings (SSSR count). The number of carbonyl (C=O) groups is 1. The number of carboxylic acid groups (broad SMARTS) is 1. The molecular formula is C16H32N2O2. The van der Waals surface area contributed by atoms with E-state index >= 15 is 0 Å². The lowest BCUT2D eigenvalue weighted by Crippen LogP contribution is -2.53. The Morgan fingerprint density at radius 1 is 1.25 bits per heavy atom. The maximum absolute atomic E-state index is 11.8. The van der Waals surface area contributed by atoms with Gasteiger partial charge < -0.3 is 15.3 Å². The smallest absolute Gasteiger partial charge is 0.323 e. The summed E-state index contributed by atoms with van der Waals surface area (Å²) < 4.78 is 0. The first-order chi connectivity index (χ1) is 9.57. The molecule has 0 radical (unpaired) electrons. The molecule has 0 aromatic carbocycles. The lowest BCUT2D eigenvalue weighted by Gasteiger charge is -2.31. The molecule has 4 heteroatoms. The molecule has 0 bridgehead atoms. The summed E-state index contributed by atoms with van der Waals surface area (Å²) in [5.41, 5.74) is -0.683. The molecule has 0 aromatic rings. The molecule has 4 nitrogen and oxygen atoms in total. The maximum atomic E-state index is 11.8. The Bertz CT molecular complexity index is 292. The highest BCUT2D eigenvalue weighted by atomic mass is 16.4. The van der Waals surface area contributed by atoms with Crippen molar-refractivity contribution in [2.45, 2.75) is 64.8 Å². The minimum atomic E-state index is -0.683. The van der Waals surface area contributed by atoms with Crippen molar-refractivity contribution in [3.63, 3.8) is 0 Å². The maximum Gasteiger partial charge on any atom is 0.323 e. The third-order valence-electron chi connectivity index (χ3n) is 4.97. The Balaban J connectivity index is 2.56. The molecular weight excluding hydrogens is 252 g/mol. The van der Waals surface area contributed by atoms with Crippen molar-refractivity contribution in [2.75, 3.05) is 26.2 Å². The first kappa shape index (κ1) is 17.4. The second-order valence-corrected chi connectivity index (χ2v) is 6.05. The van der Waals surface area contributed by atoms with Crippen LogP contribution < -0.4 is 5.32 Å². The van der Waals surface area contributed by atoms with E-state index < -0.39 is 11.5 Å². The van der Waals surface area contributed by atoms with Crippen molar-refractivity contribution in [1.82, 2.24) is 10.2 Å². The van der Waals surface area contributed by atoms with Crippen LogP contribution in [0.5, 0.6) is 0 Å². The van der Waals surface area contributed by atoms with Crippen LogP contribution in [0.4, 0.5) is 0 Å². The lowest BCUT2D eigenvalue weighted by molar-refractivity contribution is -0.145. The van der Waals surface area contributed by atoms with E-state index in [1.54, 1.807) is 0 Å². The van der Waals surface area contributed by atoms with Gasteiger partial charge in [0.2, 0.25) is 0 Å². The van der Waals surface area contributed by atoms with Crippen molar-refractivity contribution in [3.05, 3.63) is 0 Å². The van der Waals surface area contributed by atoms with Crippen molar-refractivity contribution in [3.8, 4) is 0 Å². The summed E-state index contributed by atoms with van der Waals surface area (Å²) in [6, 6.07) is 0. The summed E-state index contributed by atoms with van der Waals surface area (Å²) in [5.74, 6) is 0.0506. The third-order valence-corrected chi connectivity index (χ3v) is 4.97. The number of rotatable bonds is 8. The molecule has 0 aromatic heterocycles. The van der Waals surface area contributed by atoms with Crippen molar-refractivity contribution < 1.29 is 9.90 Å². The van der Waals surface area contributed by atoms with Crippen molar-refractivity contribution in [2.24, 2.45) is 5.92 Å². The van der Waals surface area contributed by atoms with E-state index in [0.29, 0.717) is 5.92 Å². The van der Waals surface area contributed by atoms with Gasteiger partial charge in [0.15, 0.2) is 0 Å². The molecule has 2 N–H and O–H groups in total. The summed E-state index contributed by atoms with van der Waals surface area (Å²) in [6.07, 6.45) is 5.98. The lowest BCUT2D eigenvalue weighted by atomic mass is 9.89. The van der Waals surface area contributed by atoms with E-state index in [-0.39, 0.29) is 0 Å². The highest BCUT2D eigenvalue weighted by Crippen LogP contribution is 2.32. The van der Waals surface area contributed by atoms with Gasteiger partial charge in [-0.3, -0.25) is 4.79 Å². The highest BCUT2D eigenvalue weighted by Gasteiger charge is 2.39. The largest absolute Gasteiger partial charge is 0.480 e. The number of carboxylic acids is 1. The second kappa shape index (κ2) is 8.63. The summed E-state index contributed by atoms with van der Waals surface area (Å²) in [7, 11) is 0. The van der Waals surface area contributed by atoms with E-state index in [1.807, 2.05) is 0 Å². The van der Waals surface area contributed by atoms with Gasteiger partial charge in [0, 0.05) is 13.1 Å². The van der Waals surface area contributed by atoms with Gasteiger partial charge in [-0.2, -0.15) is 0 Å². The Labute approximate surface area is 123 Å². The van der Waals surface area contributed by atoms with E-state index in [2.05, 4.69) is 31.0 Å². The normalized spacial score (nSPS) is 27.5. The van der Waals surface area contributed by atoms with Gasteiger partial charge in [-0.05, 0) is 38.3 Å². The van der Waals surface area contributed by atoms with Crippen LogP contribution in [-0.2, 0) is 4.79 Å². The van der Waals surface area contributed by atoms with Crippen molar-refractivity contribution in [1.29, 1.82) is 0 Å². The fraction of sp³-hybridized carbons (Fsp3) is 0.938. The molecule has 0 amide bonds. The minimum Gasteiger partial charge on any atom is -0.480 e. The van der Waals surface area contributed by atoms with Crippen LogP contribution in [-0.4, -0.2) is 47.7 Å². The first-order valence-corrected chi connectivity index (χ1v) is 8.28. The van der Waals surface area contributed by atoms with Gasteiger partial charge >= 0.3 is 5.97 Å². The zero-order valence-corrected chi connectivity index (χ0v) is 13.5. The van der Waals surface area contributed by atoms with Crippen LogP contribution in [0.3, 0.4) is 0 Å². The Kier molecular flexibility index (Phi) is 7.52. The molecule has 0 aliphatic heterocycles. The molecule has 1 aliphatic carbocycles. The van der Waals surface area contributed by atoms with Crippen LogP contribution in [0.15, 0.2) is 0 Å². The van der Waals surface area contributed by atoms with Gasteiger partial charge in [-0.1, -0.05) is 40.0 Å². The summed E-state index contributed by atoms with van der Waals surface area (Å²) >= 11 is 0. The van der Waals surface area contributed by atoms with Crippen LogP contribution in [0.1, 0.15) is 59.3 Å². The minimum absolute atomic E-state index is 0.659. The summed E-state index contributed by atoms with van der Waals surface area (Å²) in [6.45, 7) is 10.3. The van der Waals surface area contributed by atoms with Crippen LogP contribution in [0.25, 0.3) is 0 Å². The predicted octanol–water partition coefficient (Wildman–Crippen LogP) is 2.73. The van der Waals surface area contributed by atoms with Crippen molar-refractivity contribution >= 4 is 5.97 Å². The SMILES string of the molecule is CCC1CCCC(NCCN(CC)CC)(C(=O)O)CC1. The van der Waals surface area contributed by atoms with Crippen LogP contribution in [0.2, 0.25) is 0 Å². The molecule has 1 aliphatic rings. The fourth-order valence-electron chi connectivity index (χ4n) is 3.28. The number of hydrogen-bond acceptors (Lipinski definition) is 3. The molecule has 1 saturated carbocycles. The van der Waals surface area contributed by atoms with Crippen LogP contribution in [0, 0.1) is 5.92 Å². The highest BCUT2D eigenvalue weighted by molar-refractivity contribution is 5.78. The number of nitrogens with zero attached hydrogens (tertiary/aromatic N) is 1. The number of likely N-dealkylation sites (N-methyl/N-ethyl adjacent to an activating group) is 1. The van der Waals surface area contributed by atoms with E-state index in [9.17, 15) is 9.90 Å². The summed E-state index contributed by atoms with van der Waals surface area (Å²) in [4.78, 5) is 14.1. The Morgan fingerprint density at radius 3 is 2.50 bits per heavy atom. The number of hydrogen-bond donors (Lipinski definition) is 2. The molecule has 0 heterocycles. The second-order valence-electron chi connectivity index (χ2n) is 6.05. The standard InChI is InChI=1S/C16H32N2O2/c1-4-14-8-7-10-16(11-9-14,15(19)20)17-12-13-18(5-2)6-3/h14,17H,4-13H2,1-3H3,(H,19,20). The predicted molar refractivity (Wildman–Crippen MR) is 83.0 cm³/mol. The molecule has 1 fully saturated rings. The van der Waals surface area contributed by atoms with E-state index in [4.69, 9.17) is 0 Å². The number of nitrogens with one attached hydrogen (secondary N) is 1. The van der Waals surface area contributed by atoms with Gasteiger partial charge in [-0.25, -0.2) is 0 Å². The van der Waals surface area contributed by atoms with Gasteiger partial charge in [0.1, 0.15) is 5.54 Å². The molecule has 2 unspecified atom stereocenters. The molecule has 118 valence electrons. The Hall–Kier alpha value is -0.610. The zero-order chi connectivity index (χ0) is 15.0. The average Bonchev–Trinajstić information content (AvgIpc) is 2.67. The monoisotopic (exact) mass is 284 g/mol. The number of aliphatic carboxylic acids is 1. The molecule has 0 spiro atoms. The Morgan fingerprint density at radius 2 is 1.95 bits per heavy atom. The molecule has 0 saturated heterocycles. The third kappa shape index (κ3) is 4.74. The van der Waals surface area contributed by atoms with Crippen LogP contribution >= 0.6 is 0 Å². The average molecular weight is 284 g/mol. The first-order valence-electron chi connectivity index (χ1n) is 8.28. The molecule has 2 atom stereocenters. The van der Waals surface area contributed by atoms with E-state index in [0.717, 1.165) is 51.9 Å². The summed E-state index contributed by atoms with van der Waals surface area (Å²) in [5, 5.41) is 13.1. The molecule has 20 heavy (non-hydrogen) atoms. The zero-order valence-electron chi connectivity index (χ0n) is 13.5. The van der Waals surface area contributed by atoms with Gasteiger partial charge in [0.25, 0.3) is 0 Å². The van der Waals surface area contributed by atoms with Gasteiger partial charge in [0.05, 0.1) is 0 Å². The fourth-order valence-corrected chi connectivity index (χ4v) is 3.28. The topological polar surface area (TPSA) is 52.6 Å².